The summed E-state index contributed by atoms with van der Waals surface area (Å²) in [5, 5.41) is 23.8. The molecule has 5 nitrogen and oxygen atoms in total. The van der Waals surface area contributed by atoms with Crippen molar-refractivity contribution in [1.82, 2.24) is 0 Å². The Morgan fingerprint density at radius 3 is 2.29 bits per heavy atom. The van der Waals surface area contributed by atoms with E-state index in [0.717, 1.165) is 10.8 Å². The molecule has 1 atom stereocenters. The summed E-state index contributed by atoms with van der Waals surface area (Å²) in [6, 6.07) is 22.7. The minimum absolute atomic E-state index is 0.0390. The Bertz CT molecular complexity index is 1510. The summed E-state index contributed by atoms with van der Waals surface area (Å²) in [7, 11) is 0. The highest BCUT2D eigenvalue weighted by Gasteiger charge is 2.47. The molecule has 2 N–H and O–H groups in total. The fourth-order valence-electron chi connectivity index (χ4n) is 4.24. The number of nitrogens with zero attached hydrogens (tertiary/aromatic N) is 1. The first-order valence-corrected chi connectivity index (χ1v) is 11.1. The number of aliphatic hydroxyl groups is 1. The van der Waals surface area contributed by atoms with E-state index < -0.39 is 17.7 Å². The number of hydrogen-bond acceptors (Lipinski definition) is 4. The van der Waals surface area contributed by atoms with Gasteiger partial charge >= 0.3 is 0 Å². The minimum atomic E-state index is -0.990. The van der Waals surface area contributed by atoms with Crippen molar-refractivity contribution in [2.75, 3.05) is 4.90 Å². The molecule has 1 amide bonds. The van der Waals surface area contributed by atoms with Crippen molar-refractivity contribution < 1.29 is 19.8 Å². The zero-order valence-electron chi connectivity index (χ0n) is 17.6. The zero-order chi connectivity index (χ0) is 24.0. The van der Waals surface area contributed by atoms with Crippen LogP contribution in [0.2, 0.25) is 10.0 Å². The summed E-state index contributed by atoms with van der Waals surface area (Å²) in [4.78, 5) is 27.7. The summed E-state index contributed by atoms with van der Waals surface area (Å²) in [5.41, 5.74) is 1.10. The molecule has 0 saturated carbocycles. The quantitative estimate of drug-likeness (QED) is 0.196. The van der Waals surface area contributed by atoms with Crippen LogP contribution >= 0.6 is 23.2 Å². The highest BCUT2D eigenvalue weighted by Crippen LogP contribution is 2.44. The van der Waals surface area contributed by atoms with Crippen LogP contribution in [0.25, 0.3) is 16.5 Å². The lowest BCUT2D eigenvalue weighted by Gasteiger charge is -2.26. The molecule has 34 heavy (non-hydrogen) atoms. The van der Waals surface area contributed by atoms with Crippen LogP contribution in [0, 0.1) is 0 Å². The molecule has 1 saturated heterocycles. The predicted molar refractivity (Wildman–Crippen MR) is 133 cm³/mol. The fourth-order valence-corrected chi connectivity index (χ4v) is 4.53. The average molecular weight is 490 g/mol. The van der Waals surface area contributed by atoms with E-state index in [-0.39, 0.29) is 22.1 Å². The lowest BCUT2D eigenvalue weighted by molar-refractivity contribution is -0.132. The van der Waals surface area contributed by atoms with Crippen molar-refractivity contribution in [2.24, 2.45) is 0 Å². The Morgan fingerprint density at radius 1 is 0.794 bits per heavy atom. The maximum atomic E-state index is 13.3. The van der Waals surface area contributed by atoms with Crippen molar-refractivity contribution in [3.05, 3.63) is 112 Å². The predicted octanol–water partition coefficient (Wildman–Crippen LogP) is 6.48. The number of ketones is 1. The van der Waals surface area contributed by atoms with Gasteiger partial charge in [0.05, 0.1) is 21.7 Å². The van der Waals surface area contributed by atoms with E-state index in [2.05, 4.69) is 0 Å². The molecule has 0 radical (unpaired) electrons. The molecule has 0 spiro atoms. The monoisotopic (exact) mass is 489 g/mol. The molecule has 1 unspecified atom stereocenters. The molecule has 5 rings (SSSR count). The zero-order valence-corrected chi connectivity index (χ0v) is 19.1. The molecule has 0 aromatic heterocycles. The van der Waals surface area contributed by atoms with Crippen molar-refractivity contribution in [2.45, 2.75) is 6.04 Å². The number of hydrogen-bond donors (Lipinski definition) is 2. The smallest absolute Gasteiger partial charge is 0.300 e. The normalized spacial score (nSPS) is 17.5. The van der Waals surface area contributed by atoms with Gasteiger partial charge in [-0.15, -0.1) is 0 Å². The number of phenolic OH excluding ortho intramolecular Hbond substituents is 1. The number of anilines is 1. The van der Waals surface area contributed by atoms with Gasteiger partial charge in [0.1, 0.15) is 11.5 Å². The molecule has 1 heterocycles. The number of carbonyl (C=O) groups is 2. The number of benzene rings is 4. The van der Waals surface area contributed by atoms with Crippen LogP contribution in [0.15, 0.2) is 90.5 Å². The van der Waals surface area contributed by atoms with Gasteiger partial charge in [-0.1, -0.05) is 71.7 Å². The highest BCUT2D eigenvalue weighted by molar-refractivity contribution is 6.52. The van der Waals surface area contributed by atoms with Crippen molar-refractivity contribution >= 4 is 57.1 Å². The molecule has 4 aromatic carbocycles. The Kier molecular flexibility index (Phi) is 5.52. The van der Waals surface area contributed by atoms with Crippen LogP contribution in [0.3, 0.4) is 0 Å². The second kappa shape index (κ2) is 8.52. The van der Waals surface area contributed by atoms with Gasteiger partial charge in [-0.2, -0.15) is 0 Å². The number of amides is 1. The number of halogens is 2. The Hall–Kier alpha value is -3.80. The van der Waals surface area contributed by atoms with Crippen molar-refractivity contribution in [3.63, 3.8) is 0 Å². The van der Waals surface area contributed by atoms with Crippen molar-refractivity contribution in [3.8, 4) is 5.75 Å². The molecular formula is C27H17Cl2NO4. The van der Waals surface area contributed by atoms with Gasteiger partial charge in [0.25, 0.3) is 11.7 Å². The summed E-state index contributed by atoms with van der Waals surface area (Å²) < 4.78 is 0. The van der Waals surface area contributed by atoms with Gasteiger partial charge in [-0.05, 0) is 52.7 Å². The molecule has 1 aliphatic rings. The second-order valence-corrected chi connectivity index (χ2v) is 8.74. The minimum Gasteiger partial charge on any atom is -0.508 e. The highest BCUT2D eigenvalue weighted by atomic mass is 35.5. The number of aromatic hydroxyl groups is 1. The maximum Gasteiger partial charge on any atom is 0.300 e. The van der Waals surface area contributed by atoms with E-state index in [4.69, 9.17) is 23.2 Å². The molecule has 1 aliphatic heterocycles. The standard InChI is InChI=1S/C27H17Cl2NO4/c28-21-11-10-19(14-22(21)29)30-24(17-6-3-7-20(31)13-17)23(26(33)27(30)34)25(32)18-9-8-15-4-1-2-5-16(15)12-18/h1-14,24,31-32H/b25-23-. The van der Waals surface area contributed by atoms with Crippen LogP contribution in [0.5, 0.6) is 5.75 Å². The van der Waals surface area contributed by atoms with Crippen molar-refractivity contribution in [1.29, 1.82) is 0 Å². The van der Waals surface area contributed by atoms with E-state index >= 15 is 0 Å². The molecule has 4 aromatic rings. The van der Waals surface area contributed by atoms with E-state index in [1.807, 2.05) is 30.3 Å². The van der Waals surface area contributed by atoms with E-state index in [0.29, 0.717) is 21.8 Å². The Morgan fingerprint density at radius 2 is 1.56 bits per heavy atom. The van der Waals surface area contributed by atoms with Gasteiger partial charge < -0.3 is 10.2 Å². The van der Waals surface area contributed by atoms with E-state index in [1.165, 1.54) is 29.2 Å². The van der Waals surface area contributed by atoms with Crippen LogP contribution < -0.4 is 4.90 Å². The number of fused-ring (bicyclic) bond motifs is 1. The molecule has 0 aliphatic carbocycles. The molecular weight excluding hydrogens is 473 g/mol. The topological polar surface area (TPSA) is 77.8 Å². The third kappa shape index (κ3) is 3.69. The SMILES string of the molecule is O=C1C(=O)N(c2ccc(Cl)c(Cl)c2)C(c2cccc(O)c2)/C1=C(/O)c1ccc2ccccc2c1. The van der Waals surface area contributed by atoms with Gasteiger partial charge in [0.2, 0.25) is 0 Å². The van der Waals surface area contributed by atoms with Gasteiger partial charge in [0, 0.05) is 11.3 Å². The first-order valence-electron chi connectivity index (χ1n) is 10.4. The lowest BCUT2D eigenvalue weighted by Crippen LogP contribution is -2.29. The van der Waals surface area contributed by atoms with Gasteiger partial charge in [0.15, 0.2) is 0 Å². The third-order valence-corrected chi connectivity index (χ3v) is 6.57. The van der Waals surface area contributed by atoms with Crippen LogP contribution in [-0.4, -0.2) is 21.9 Å². The molecule has 7 heteroatoms. The number of carbonyl (C=O) groups excluding carboxylic acids is 2. The van der Waals surface area contributed by atoms with E-state index in [9.17, 15) is 19.8 Å². The summed E-state index contributed by atoms with van der Waals surface area (Å²) in [6.45, 7) is 0. The summed E-state index contributed by atoms with van der Waals surface area (Å²) >= 11 is 12.2. The molecule has 1 fully saturated rings. The van der Waals surface area contributed by atoms with Crippen LogP contribution in [0.1, 0.15) is 17.2 Å². The van der Waals surface area contributed by atoms with Crippen LogP contribution in [0.4, 0.5) is 5.69 Å². The van der Waals surface area contributed by atoms with Gasteiger partial charge in [-0.3, -0.25) is 14.5 Å². The summed E-state index contributed by atoms with van der Waals surface area (Å²) in [6.07, 6.45) is 0. The number of rotatable bonds is 3. The number of Topliss-reactive ketones (excluding diaryl/α,β-unsaturated/α-hetero) is 1. The Labute approximate surface area is 205 Å². The first kappa shape index (κ1) is 22.0. The van der Waals surface area contributed by atoms with Crippen LogP contribution in [-0.2, 0) is 9.59 Å². The second-order valence-electron chi connectivity index (χ2n) is 7.92. The fraction of sp³-hybridized carbons (Fsp3) is 0.0370. The van der Waals surface area contributed by atoms with Gasteiger partial charge in [-0.25, -0.2) is 0 Å². The van der Waals surface area contributed by atoms with E-state index in [1.54, 1.807) is 30.3 Å². The first-order chi connectivity index (χ1) is 16.3. The third-order valence-electron chi connectivity index (χ3n) is 5.83. The largest absolute Gasteiger partial charge is 0.508 e. The lowest BCUT2D eigenvalue weighted by atomic mass is 9.94. The number of aliphatic hydroxyl groups excluding tert-OH is 1. The average Bonchev–Trinajstić information content (AvgIpc) is 3.10. The molecule has 168 valence electrons. The number of phenols is 1. The Balaban J connectivity index is 1.74. The molecule has 0 bridgehead atoms. The summed E-state index contributed by atoms with van der Waals surface area (Å²) in [5.74, 6) is -2.01. The maximum absolute atomic E-state index is 13.3.